The zero-order valence-corrected chi connectivity index (χ0v) is 24.4. The summed E-state index contributed by atoms with van der Waals surface area (Å²) in [4.78, 5) is 2.33. The number of benzene rings is 6. The standard InChI is InChI=1S/C39H28N2OS/c1-25(24-32-37-30-13-6-5-12-28(30)20-23-36(37)43-39(32)40)41(29-21-18-27(19-22-29)26-10-3-2-4-11-26)33-15-9-17-35-38(33)31-14-7-8-16-34(31)42-35/h2-24H,40H2,1H3/b25-24+. The fourth-order valence-corrected chi connectivity index (χ4v) is 7.20. The van der Waals surface area contributed by atoms with E-state index < -0.39 is 0 Å². The highest BCUT2D eigenvalue weighted by molar-refractivity contribution is 7.23. The van der Waals surface area contributed by atoms with Crippen molar-refractivity contribution in [2.75, 3.05) is 10.6 Å². The highest BCUT2D eigenvalue weighted by Gasteiger charge is 2.20. The number of hydrogen-bond acceptors (Lipinski definition) is 4. The molecule has 206 valence electrons. The second kappa shape index (κ2) is 10.2. The summed E-state index contributed by atoms with van der Waals surface area (Å²) in [5, 5.41) is 6.63. The fraction of sp³-hybridized carbons (Fsp3) is 0.0256. The summed E-state index contributed by atoms with van der Waals surface area (Å²) < 4.78 is 7.49. The molecule has 0 atom stereocenters. The van der Waals surface area contributed by atoms with Crippen LogP contribution in [0.3, 0.4) is 0 Å². The number of fused-ring (bicyclic) bond motifs is 6. The van der Waals surface area contributed by atoms with Crippen LogP contribution >= 0.6 is 11.3 Å². The fourth-order valence-electron chi connectivity index (χ4n) is 6.24. The van der Waals surface area contributed by atoms with Gasteiger partial charge in [-0.2, -0.15) is 0 Å². The van der Waals surface area contributed by atoms with E-state index in [1.165, 1.54) is 32.0 Å². The third kappa shape index (κ3) is 4.27. The molecule has 0 aliphatic carbocycles. The summed E-state index contributed by atoms with van der Waals surface area (Å²) in [5.41, 5.74) is 15.1. The van der Waals surface area contributed by atoms with E-state index >= 15 is 0 Å². The normalized spacial score (nSPS) is 12.1. The summed E-state index contributed by atoms with van der Waals surface area (Å²) in [5.74, 6) is 0. The van der Waals surface area contributed by atoms with E-state index in [9.17, 15) is 0 Å². The number of anilines is 3. The van der Waals surface area contributed by atoms with E-state index in [0.29, 0.717) is 0 Å². The van der Waals surface area contributed by atoms with Crippen LogP contribution in [0.1, 0.15) is 12.5 Å². The van der Waals surface area contributed by atoms with E-state index in [1.54, 1.807) is 11.3 Å². The maximum atomic E-state index is 6.74. The Morgan fingerprint density at radius 1 is 0.651 bits per heavy atom. The molecule has 6 aromatic carbocycles. The van der Waals surface area contributed by atoms with Crippen molar-refractivity contribution in [1.29, 1.82) is 0 Å². The number of thiophene rings is 1. The molecule has 0 radical (unpaired) electrons. The van der Waals surface area contributed by atoms with E-state index in [-0.39, 0.29) is 0 Å². The molecular formula is C39H28N2OS. The Morgan fingerprint density at radius 3 is 2.19 bits per heavy atom. The molecule has 0 saturated heterocycles. The van der Waals surface area contributed by atoms with E-state index in [1.807, 2.05) is 24.3 Å². The smallest absolute Gasteiger partial charge is 0.137 e. The number of para-hydroxylation sites is 1. The van der Waals surface area contributed by atoms with Crippen molar-refractivity contribution in [3.05, 3.63) is 145 Å². The Labute approximate surface area is 253 Å². The highest BCUT2D eigenvalue weighted by Crippen LogP contribution is 2.44. The highest BCUT2D eigenvalue weighted by atomic mass is 32.1. The number of rotatable bonds is 5. The Bertz CT molecular complexity index is 2310. The van der Waals surface area contributed by atoms with Gasteiger partial charge in [0.2, 0.25) is 0 Å². The Morgan fingerprint density at radius 2 is 1.35 bits per heavy atom. The maximum Gasteiger partial charge on any atom is 0.137 e. The van der Waals surface area contributed by atoms with Crippen LogP contribution in [0, 0.1) is 0 Å². The molecule has 0 bridgehead atoms. The third-order valence-electron chi connectivity index (χ3n) is 8.21. The Balaban J connectivity index is 1.36. The molecule has 2 heterocycles. The molecule has 3 nitrogen and oxygen atoms in total. The second-order valence-corrected chi connectivity index (χ2v) is 11.9. The van der Waals surface area contributed by atoms with Crippen LogP contribution in [-0.4, -0.2) is 0 Å². The van der Waals surface area contributed by atoms with Gasteiger partial charge in [0.15, 0.2) is 0 Å². The maximum absolute atomic E-state index is 6.74. The van der Waals surface area contributed by atoms with Crippen molar-refractivity contribution in [3.63, 3.8) is 0 Å². The number of nitrogens with two attached hydrogens (primary N) is 1. The lowest BCUT2D eigenvalue weighted by Crippen LogP contribution is -2.14. The topological polar surface area (TPSA) is 42.4 Å². The van der Waals surface area contributed by atoms with Crippen LogP contribution in [0.5, 0.6) is 0 Å². The number of nitrogens with zero attached hydrogens (tertiary/aromatic N) is 1. The summed E-state index contributed by atoms with van der Waals surface area (Å²) in [6, 6.07) is 46.7. The first-order chi connectivity index (χ1) is 21.2. The summed E-state index contributed by atoms with van der Waals surface area (Å²) >= 11 is 1.64. The predicted molar refractivity (Wildman–Crippen MR) is 185 cm³/mol. The zero-order valence-electron chi connectivity index (χ0n) is 23.6. The van der Waals surface area contributed by atoms with E-state index in [2.05, 4.69) is 127 Å². The van der Waals surface area contributed by atoms with Crippen LogP contribution in [0.25, 0.3) is 60.0 Å². The number of furan rings is 1. The lowest BCUT2D eigenvalue weighted by Gasteiger charge is -2.27. The molecule has 2 aromatic heterocycles. The minimum absolute atomic E-state index is 0.817. The van der Waals surface area contributed by atoms with Crippen molar-refractivity contribution >= 4 is 76.6 Å². The van der Waals surface area contributed by atoms with Gasteiger partial charge in [-0.1, -0.05) is 97.1 Å². The van der Waals surface area contributed by atoms with Crippen molar-refractivity contribution < 1.29 is 4.42 Å². The first-order valence-electron chi connectivity index (χ1n) is 14.4. The van der Waals surface area contributed by atoms with Crippen LogP contribution in [0.2, 0.25) is 0 Å². The molecule has 4 heteroatoms. The van der Waals surface area contributed by atoms with Gasteiger partial charge in [0, 0.05) is 32.4 Å². The van der Waals surface area contributed by atoms with Gasteiger partial charge in [0.1, 0.15) is 11.2 Å². The SMILES string of the molecule is C/C(=C\c1c(N)sc2ccc3ccccc3c12)N(c1ccc(-c2ccccc2)cc1)c1cccc2oc3ccccc3c12. The predicted octanol–water partition coefficient (Wildman–Crippen LogP) is 11.4. The largest absolute Gasteiger partial charge is 0.456 e. The molecule has 0 aliphatic heterocycles. The second-order valence-electron chi connectivity index (χ2n) is 10.8. The van der Waals surface area contributed by atoms with Crippen LogP contribution < -0.4 is 10.6 Å². The molecule has 0 amide bonds. The van der Waals surface area contributed by atoms with Gasteiger partial charge >= 0.3 is 0 Å². The van der Waals surface area contributed by atoms with E-state index in [4.69, 9.17) is 10.2 Å². The molecule has 8 rings (SSSR count). The lowest BCUT2D eigenvalue weighted by molar-refractivity contribution is 0.669. The number of allylic oxidation sites excluding steroid dienone is 1. The molecule has 0 saturated carbocycles. The van der Waals surface area contributed by atoms with Gasteiger partial charge in [-0.3, -0.25) is 0 Å². The van der Waals surface area contributed by atoms with Crippen molar-refractivity contribution in [2.45, 2.75) is 6.92 Å². The van der Waals surface area contributed by atoms with Crippen LogP contribution in [-0.2, 0) is 0 Å². The first-order valence-corrected chi connectivity index (χ1v) is 15.2. The Kier molecular flexibility index (Phi) is 6.02. The van der Waals surface area contributed by atoms with E-state index in [0.717, 1.165) is 49.6 Å². The average Bonchev–Trinajstić information content (AvgIpc) is 3.59. The lowest BCUT2D eigenvalue weighted by atomic mass is 10.0. The molecule has 0 fully saturated rings. The molecule has 8 aromatic rings. The molecule has 0 aliphatic rings. The van der Waals surface area contributed by atoms with Crippen molar-refractivity contribution in [2.24, 2.45) is 0 Å². The third-order valence-corrected chi connectivity index (χ3v) is 9.21. The molecule has 0 unspecified atom stereocenters. The van der Waals surface area contributed by atoms with Gasteiger partial charge in [-0.05, 0) is 71.3 Å². The average molecular weight is 573 g/mol. The summed E-state index contributed by atoms with van der Waals surface area (Å²) in [7, 11) is 0. The molecule has 2 N–H and O–H groups in total. The Hall–Kier alpha value is -5.32. The number of nitrogen functional groups attached to an aromatic ring is 1. The summed E-state index contributed by atoms with van der Waals surface area (Å²) in [6.45, 7) is 2.17. The minimum atomic E-state index is 0.817. The van der Waals surface area contributed by atoms with Crippen molar-refractivity contribution in [3.8, 4) is 11.1 Å². The minimum Gasteiger partial charge on any atom is -0.456 e. The van der Waals surface area contributed by atoms with Gasteiger partial charge in [-0.15, -0.1) is 11.3 Å². The van der Waals surface area contributed by atoms with Gasteiger partial charge in [-0.25, -0.2) is 0 Å². The van der Waals surface area contributed by atoms with Crippen LogP contribution in [0.4, 0.5) is 16.4 Å². The van der Waals surface area contributed by atoms with Crippen molar-refractivity contribution in [1.82, 2.24) is 0 Å². The summed E-state index contributed by atoms with van der Waals surface area (Å²) in [6.07, 6.45) is 2.24. The van der Waals surface area contributed by atoms with Crippen LogP contribution in [0.15, 0.2) is 144 Å². The number of hydrogen-bond donors (Lipinski definition) is 1. The quantitative estimate of drug-likeness (QED) is 0.223. The van der Waals surface area contributed by atoms with Gasteiger partial charge in [0.05, 0.1) is 16.1 Å². The zero-order chi connectivity index (χ0) is 28.9. The first kappa shape index (κ1) is 25.4. The molecule has 43 heavy (non-hydrogen) atoms. The van der Waals surface area contributed by atoms with Gasteiger partial charge < -0.3 is 15.1 Å². The molecular weight excluding hydrogens is 545 g/mol. The van der Waals surface area contributed by atoms with Gasteiger partial charge in [0.25, 0.3) is 0 Å². The monoisotopic (exact) mass is 572 g/mol. The molecule has 0 spiro atoms.